The summed E-state index contributed by atoms with van der Waals surface area (Å²) in [6.07, 6.45) is 0.667. The number of thioether (sulfide) groups is 1. The van der Waals surface area contributed by atoms with E-state index in [0.717, 1.165) is 5.56 Å². The number of hydrogen-bond acceptors (Lipinski definition) is 3. The highest BCUT2D eigenvalue weighted by Gasteiger charge is 2.34. The second-order valence-electron chi connectivity index (χ2n) is 3.63. The fourth-order valence-corrected chi connectivity index (χ4v) is 2.57. The molecule has 2 rings (SSSR count). The zero-order valence-corrected chi connectivity index (χ0v) is 9.91. The summed E-state index contributed by atoms with van der Waals surface area (Å²) in [5, 5.41) is 0.298. The van der Waals surface area contributed by atoms with Gasteiger partial charge in [-0.15, -0.1) is 0 Å². The SMILES string of the molecule is NC(N)=NC1=[NH+]C(=O)[C@@H](Cc2ccccc2)S1. The first-order valence-corrected chi connectivity index (χ1v) is 6.01. The number of benzene rings is 1. The predicted octanol–water partition coefficient (Wildman–Crippen LogP) is -1.42. The monoisotopic (exact) mass is 249 g/mol. The Balaban J connectivity index is 2.03. The summed E-state index contributed by atoms with van der Waals surface area (Å²) < 4.78 is 0. The molecule has 5 N–H and O–H groups in total. The molecule has 5 nitrogen and oxygen atoms in total. The van der Waals surface area contributed by atoms with Crippen LogP contribution in [0.4, 0.5) is 0 Å². The van der Waals surface area contributed by atoms with Crippen molar-refractivity contribution in [2.75, 3.05) is 0 Å². The molecule has 1 heterocycles. The van der Waals surface area contributed by atoms with Gasteiger partial charge in [-0.1, -0.05) is 30.3 Å². The van der Waals surface area contributed by atoms with Crippen LogP contribution in [0.15, 0.2) is 35.3 Å². The molecule has 0 unspecified atom stereocenters. The lowest BCUT2D eigenvalue weighted by atomic mass is 10.1. The lowest BCUT2D eigenvalue weighted by Gasteiger charge is -2.03. The number of guanidine groups is 1. The van der Waals surface area contributed by atoms with Crippen LogP contribution in [0.2, 0.25) is 0 Å². The molecule has 88 valence electrons. The molecule has 0 radical (unpaired) electrons. The van der Waals surface area contributed by atoms with Gasteiger partial charge in [-0.2, -0.15) is 4.99 Å². The van der Waals surface area contributed by atoms with Gasteiger partial charge in [0, 0.05) is 4.99 Å². The van der Waals surface area contributed by atoms with E-state index in [2.05, 4.69) is 9.98 Å². The highest BCUT2D eigenvalue weighted by molar-refractivity contribution is 8.15. The average Bonchev–Trinajstić information content (AvgIpc) is 2.59. The second kappa shape index (κ2) is 5.01. The molecule has 1 atom stereocenters. The maximum absolute atomic E-state index is 11.7. The number of carbonyl (C=O) groups excluding carboxylic acids is 1. The topological polar surface area (TPSA) is 95.4 Å². The van der Waals surface area contributed by atoms with Gasteiger partial charge < -0.3 is 11.5 Å². The summed E-state index contributed by atoms with van der Waals surface area (Å²) >= 11 is 1.35. The molecule has 0 aromatic heterocycles. The fraction of sp³-hybridized carbons (Fsp3) is 0.182. The molecule has 0 fully saturated rings. The van der Waals surface area contributed by atoms with Crippen LogP contribution in [0.3, 0.4) is 0 Å². The Kier molecular flexibility index (Phi) is 3.43. The highest BCUT2D eigenvalue weighted by Crippen LogP contribution is 2.19. The number of rotatable bonds is 2. The van der Waals surface area contributed by atoms with E-state index in [4.69, 9.17) is 11.5 Å². The second-order valence-corrected chi connectivity index (χ2v) is 4.82. The largest absolute Gasteiger partial charge is 0.364 e. The minimum atomic E-state index is -0.171. The summed E-state index contributed by atoms with van der Waals surface area (Å²) in [6.45, 7) is 0. The minimum absolute atomic E-state index is 0.0480. The predicted molar refractivity (Wildman–Crippen MR) is 68.3 cm³/mol. The average molecular weight is 249 g/mol. The van der Waals surface area contributed by atoms with E-state index in [-0.39, 0.29) is 17.1 Å². The molecule has 1 amide bonds. The maximum atomic E-state index is 11.7. The molecule has 0 saturated heterocycles. The number of amidine groups is 1. The Labute approximate surface area is 103 Å². The van der Waals surface area contributed by atoms with Crippen LogP contribution in [-0.4, -0.2) is 22.3 Å². The maximum Gasteiger partial charge on any atom is 0.364 e. The summed E-state index contributed by atoms with van der Waals surface area (Å²) in [7, 11) is 0. The van der Waals surface area contributed by atoms with Crippen LogP contribution in [0, 0.1) is 0 Å². The van der Waals surface area contributed by atoms with Gasteiger partial charge >= 0.3 is 17.0 Å². The van der Waals surface area contributed by atoms with Crippen LogP contribution in [-0.2, 0) is 11.2 Å². The number of hydrogen-bond donors (Lipinski definition) is 3. The first-order chi connectivity index (χ1) is 8.15. The number of carbonyl (C=O) groups is 1. The number of nitrogens with two attached hydrogens (primary N) is 2. The molecule has 0 aliphatic carbocycles. The van der Waals surface area contributed by atoms with Crippen LogP contribution < -0.4 is 16.5 Å². The Morgan fingerprint density at radius 3 is 2.71 bits per heavy atom. The fourth-order valence-electron chi connectivity index (χ4n) is 1.54. The van der Waals surface area contributed by atoms with Crippen molar-refractivity contribution in [1.82, 2.24) is 0 Å². The van der Waals surface area contributed by atoms with Crippen molar-refractivity contribution in [2.24, 2.45) is 16.5 Å². The highest BCUT2D eigenvalue weighted by atomic mass is 32.2. The molecule has 0 saturated carbocycles. The zero-order chi connectivity index (χ0) is 12.3. The summed E-state index contributed by atoms with van der Waals surface area (Å²) in [4.78, 5) is 18.2. The van der Waals surface area contributed by atoms with E-state index in [9.17, 15) is 4.79 Å². The molecule has 0 spiro atoms. The van der Waals surface area contributed by atoms with Crippen molar-refractivity contribution >= 4 is 28.8 Å². The Hall–Kier alpha value is -1.82. The van der Waals surface area contributed by atoms with Gasteiger partial charge in [-0.3, -0.25) is 0 Å². The summed E-state index contributed by atoms with van der Waals surface area (Å²) in [6, 6.07) is 9.84. The Morgan fingerprint density at radius 2 is 2.06 bits per heavy atom. The van der Waals surface area contributed by atoms with Gasteiger partial charge in [0.05, 0.1) is 0 Å². The van der Waals surface area contributed by atoms with Crippen molar-refractivity contribution in [2.45, 2.75) is 11.7 Å². The van der Waals surface area contributed by atoms with E-state index in [1.807, 2.05) is 30.3 Å². The van der Waals surface area contributed by atoms with Crippen molar-refractivity contribution in [3.63, 3.8) is 0 Å². The Bertz CT molecular complexity index is 480. The third-order valence-corrected chi connectivity index (χ3v) is 3.35. The van der Waals surface area contributed by atoms with E-state index in [0.29, 0.717) is 11.6 Å². The Morgan fingerprint density at radius 1 is 1.35 bits per heavy atom. The lowest BCUT2D eigenvalue weighted by molar-refractivity contribution is -0.372. The van der Waals surface area contributed by atoms with Gasteiger partial charge in [0.1, 0.15) is 5.25 Å². The standard InChI is InChI=1S/C11H12N4OS/c12-10(13)15-11-14-9(16)8(17-11)6-7-4-2-1-3-5-7/h1-5,8H,6H2,(H4,12,13,14,15,16)/p+1/t8-/m1/s1. The van der Waals surface area contributed by atoms with Crippen LogP contribution in [0.5, 0.6) is 0 Å². The van der Waals surface area contributed by atoms with Gasteiger partial charge in [-0.05, 0) is 23.7 Å². The molecule has 1 aliphatic heterocycles. The van der Waals surface area contributed by atoms with Crippen molar-refractivity contribution < 1.29 is 9.79 Å². The molecule has 17 heavy (non-hydrogen) atoms. The smallest absolute Gasteiger partial charge is 0.348 e. The first-order valence-electron chi connectivity index (χ1n) is 5.13. The lowest BCUT2D eigenvalue weighted by Crippen LogP contribution is -2.75. The molecular weight excluding hydrogens is 236 g/mol. The van der Waals surface area contributed by atoms with Crippen LogP contribution in [0.1, 0.15) is 5.56 Å². The third kappa shape index (κ3) is 3.07. The van der Waals surface area contributed by atoms with E-state index < -0.39 is 0 Å². The van der Waals surface area contributed by atoms with E-state index in [1.165, 1.54) is 11.8 Å². The molecule has 6 heteroatoms. The number of amides is 1. The normalized spacial score (nSPS) is 18.9. The third-order valence-electron chi connectivity index (χ3n) is 2.27. The molecular formula is C11H13N4OS+. The number of aliphatic imine (C=N–C) groups is 1. The quantitative estimate of drug-likeness (QED) is 0.443. The van der Waals surface area contributed by atoms with Crippen LogP contribution >= 0.6 is 11.8 Å². The van der Waals surface area contributed by atoms with Crippen molar-refractivity contribution in [1.29, 1.82) is 0 Å². The minimum Gasteiger partial charge on any atom is -0.348 e. The summed E-state index contributed by atoms with van der Waals surface area (Å²) in [5.74, 6) is -0.105. The molecule has 1 aliphatic rings. The zero-order valence-electron chi connectivity index (χ0n) is 9.09. The van der Waals surface area contributed by atoms with Crippen molar-refractivity contribution in [3.05, 3.63) is 35.9 Å². The molecule has 1 aromatic rings. The van der Waals surface area contributed by atoms with Crippen molar-refractivity contribution in [3.8, 4) is 0 Å². The summed E-state index contributed by atoms with van der Waals surface area (Å²) in [5.41, 5.74) is 11.6. The van der Waals surface area contributed by atoms with Gasteiger partial charge in [-0.25, -0.2) is 4.79 Å². The number of nitrogens with zero attached hydrogens (tertiary/aromatic N) is 1. The van der Waals surface area contributed by atoms with Gasteiger partial charge in [0.25, 0.3) is 0 Å². The van der Waals surface area contributed by atoms with E-state index >= 15 is 0 Å². The molecule has 0 bridgehead atoms. The molecule has 1 aromatic carbocycles. The van der Waals surface area contributed by atoms with Crippen LogP contribution in [0.25, 0.3) is 0 Å². The van der Waals surface area contributed by atoms with Gasteiger partial charge in [0.15, 0.2) is 0 Å². The van der Waals surface area contributed by atoms with E-state index in [1.54, 1.807) is 0 Å². The number of nitrogens with one attached hydrogen (secondary N) is 1. The first kappa shape index (κ1) is 11.7. The van der Waals surface area contributed by atoms with Gasteiger partial charge in [0.2, 0.25) is 0 Å².